The lowest BCUT2D eigenvalue weighted by molar-refractivity contribution is -0.129. The van der Waals surface area contributed by atoms with Crippen LogP contribution in [0.15, 0.2) is 54.6 Å². The maximum Gasteiger partial charge on any atom is 0.255 e. The molecule has 1 fully saturated rings. The first kappa shape index (κ1) is 30.0. The quantitative estimate of drug-likeness (QED) is 0.424. The number of fused-ring (bicyclic) bond motifs is 1. The molecule has 2 aliphatic heterocycles. The molecule has 41 heavy (non-hydrogen) atoms. The molecule has 0 bridgehead atoms. The Labute approximate surface area is 241 Å². The number of benzene rings is 2. The summed E-state index contributed by atoms with van der Waals surface area (Å²) < 4.78 is 5.87. The van der Waals surface area contributed by atoms with E-state index in [0.717, 1.165) is 38.0 Å². The van der Waals surface area contributed by atoms with Gasteiger partial charge in [0, 0.05) is 32.5 Å². The molecule has 10 nitrogen and oxygen atoms in total. The smallest absolute Gasteiger partial charge is 0.255 e. The van der Waals surface area contributed by atoms with Crippen LogP contribution in [-0.4, -0.2) is 79.9 Å². The molecule has 0 saturated carbocycles. The van der Waals surface area contributed by atoms with E-state index in [-0.39, 0.29) is 37.2 Å². The largest absolute Gasteiger partial charge is 0.493 e. The maximum absolute atomic E-state index is 13.3. The summed E-state index contributed by atoms with van der Waals surface area (Å²) in [7, 11) is 0. The average Bonchev–Trinajstić information content (AvgIpc) is 2.99. The highest BCUT2D eigenvalue weighted by Crippen LogP contribution is 2.19. The molecule has 0 spiro atoms. The number of nitrogens with one attached hydrogen (secondary N) is 4. The van der Waals surface area contributed by atoms with Gasteiger partial charge >= 0.3 is 0 Å². The van der Waals surface area contributed by atoms with Gasteiger partial charge in [0.2, 0.25) is 17.7 Å². The number of nitrogens with zero attached hydrogens (tertiary/aromatic N) is 1. The molecule has 2 aromatic rings. The molecule has 1 saturated heterocycles. The number of amides is 4. The molecule has 220 valence electrons. The van der Waals surface area contributed by atoms with Gasteiger partial charge in [-0.2, -0.15) is 0 Å². The normalized spacial score (nSPS) is 21.4. The van der Waals surface area contributed by atoms with Crippen LogP contribution in [0.4, 0.5) is 0 Å². The van der Waals surface area contributed by atoms with Crippen LogP contribution in [-0.2, 0) is 20.8 Å². The van der Waals surface area contributed by atoms with Gasteiger partial charge in [-0.25, -0.2) is 0 Å². The van der Waals surface area contributed by atoms with Crippen LogP contribution in [0.2, 0.25) is 0 Å². The Bertz CT molecular complexity index is 1170. The van der Waals surface area contributed by atoms with Crippen molar-refractivity contribution >= 4 is 23.6 Å². The summed E-state index contributed by atoms with van der Waals surface area (Å²) >= 11 is 0. The molecule has 2 atom stereocenters. The predicted molar refractivity (Wildman–Crippen MR) is 155 cm³/mol. The third kappa shape index (κ3) is 9.60. The molecule has 10 heteroatoms. The van der Waals surface area contributed by atoms with Gasteiger partial charge in [-0.05, 0) is 56.5 Å². The summed E-state index contributed by atoms with van der Waals surface area (Å²) in [6, 6.07) is 14.6. The Hall–Kier alpha value is -3.92. The highest BCUT2D eigenvalue weighted by atomic mass is 16.5. The molecule has 2 aliphatic rings. The highest BCUT2D eigenvalue weighted by molar-refractivity contribution is 5.99. The molecule has 0 radical (unpaired) electrons. The van der Waals surface area contributed by atoms with E-state index >= 15 is 0 Å². The minimum absolute atomic E-state index is 0.0405. The van der Waals surface area contributed by atoms with E-state index < -0.39 is 18.0 Å². The Balaban J connectivity index is 1.47. The summed E-state index contributed by atoms with van der Waals surface area (Å²) in [6.07, 6.45) is 4.43. The SMILES string of the molecule is O=C1CC[C@@H](C(=O)NCCN2CCCCC2)NC(=O)c2ccccc2OCCCNC(=O)[C@H](Cc2ccccc2)N1. The zero-order valence-corrected chi connectivity index (χ0v) is 23.5. The van der Waals surface area contributed by atoms with Crippen molar-refractivity contribution in [3.63, 3.8) is 0 Å². The van der Waals surface area contributed by atoms with Gasteiger partial charge in [0.25, 0.3) is 5.91 Å². The van der Waals surface area contributed by atoms with Crippen molar-refractivity contribution in [2.24, 2.45) is 0 Å². The van der Waals surface area contributed by atoms with Crippen LogP contribution < -0.4 is 26.0 Å². The second kappa shape index (κ2) is 15.8. The summed E-state index contributed by atoms with van der Waals surface area (Å²) in [6.45, 7) is 3.86. The lowest BCUT2D eigenvalue weighted by Gasteiger charge is -2.27. The maximum atomic E-state index is 13.3. The van der Waals surface area contributed by atoms with E-state index in [4.69, 9.17) is 4.74 Å². The van der Waals surface area contributed by atoms with Crippen LogP contribution in [0.25, 0.3) is 0 Å². The van der Waals surface area contributed by atoms with Crippen molar-refractivity contribution in [1.82, 2.24) is 26.2 Å². The zero-order valence-electron chi connectivity index (χ0n) is 23.5. The molecule has 0 aromatic heterocycles. The van der Waals surface area contributed by atoms with E-state index in [1.165, 1.54) is 6.42 Å². The number of hydrogen-bond donors (Lipinski definition) is 4. The van der Waals surface area contributed by atoms with Gasteiger partial charge < -0.3 is 30.9 Å². The third-order valence-corrected chi connectivity index (χ3v) is 7.40. The van der Waals surface area contributed by atoms with E-state index in [9.17, 15) is 19.2 Å². The van der Waals surface area contributed by atoms with Crippen molar-refractivity contribution in [2.75, 3.05) is 39.3 Å². The zero-order chi connectivity index (χ0) is 28.9. The van der Waals surface area contributed by atoms with Crippen LogP contribution in [0, 0.1) is 0 Å². The van der Waals surface area contributed by atoms with Crippen LogP contribution >= 0.6 is 0 Å². The lowest BCUT2D eigenvalue weighted by Crippen LogP contribution is -2.50. The first-order valence-electron chi connectivity index (χ1n) is 14.6. The fourth-order valence-corrected chi connectivity index (χ4v) is 5.12. The van der Waals surface area contributed by atoms with Crippen LogP contribution in [0.3, 0.4) is 0 Å². The first-order valence-corrected chi connectivity index (χ1v) is 14.6. The number of likely N-dealkylation sites (tertiary alicyclic amines) is 1. The third-order valence-electron chi connectivity index (χ3n) is 7.40. The Morgan fingerprint density at radius 3 is 2.49 bits per heavy atom. The molecule has 4 amide bonds. The molecular weight excluding hydrogens is 522 g/mol. The number of hydrogen-bond acceptors (Lipinski definition) is 6. The van der Waals surface area contributed by atoms with E-state index in [2.05, 4.69) is 26.2 Å². The molecule has 0 unspecified atom stereocenters. The summed E-state index contributed by atoms with van der Waals surface area (Å²) in [5, 5.41) is 11.5. The van der Waals surface area contributed by atoms with Crippen molar-refractivity contribution < 1.29 is 23.9 Å². The van der Waals surface area contributed by atoms with Gasteiger partial charge in [0.1, 0.15) is 17.8 Å². The second-order valence-electron chi connectivity index (χ2n) is 10.6. The van der Waals surface area contributed by atoms with Crippen molar-refractivity contribution in [2.45, 2.75) is 57.0 Å². The Kier molecular flexibility index (Phi) is 11.5. The highest BCUT2D eigenvalue weighted by Gasteiger charge is 2.26. The topological polar surface area (TPSA) is 129 Å². The number of carbonyl (C=O) groups is 4. The Morgan fingerprint density at radius 2 is 1.68 bits per heavy atom. The minimum atomic E-state index is -0.933. The molecule has 0 aliphatic carbocycles. The number of rotatable bonds is 6. The van der Waals surface area contributed by atoms with E-state index in [0.29, 0.717) is 37.2 Å². The molecule has 2 heterocycles. The fourth-order valence-electron chi connectivity index (χ4n) is 5.12. The van der Waals surface area contributed by atoms with E-state index in [1.807, 2.05) is 30.3 Å². The fraction of sp³-hybridized carbons (Fsp3) is 0.484. The number of ether oxygens (including phenoxy) is 1. The Morgan fingerprint density at radius 1 is 0.927 bits per heavy atom. The summed E-state index contributed by atoms with van der Waals surface area (Å²) in [4.78, 5) is 54.9. The van der Waals surface area contributed by atoms with Gasteiger partial charge in [-0.3, -0.25) is 19.2 Å². The molecule has 4 rings (SSSR count). The van der Waals surface area contributed by atoms with Crippen molar-refractivity contribution in [3.05, 3.63) is 65.7 Å². The number of piperidine rings is 1. The van der Waals surface area contributed by atoms with Gasteiger partial charge in [0.15, 0.2) is 0 Å². The van der Waals surface area contributed by atoms with Gasteiger partial charge in [-0.15, -0.1) is 0 Å². The predicted octanol–water partition coefficient (Wildman–Crippen LogP) is 1.79. The monoisotopic (exact) mass is 563 g/mol. The minimum Gasteiger partial charge on any atom is -0.493 e. The summed E-state index contributed by atoms with van der Waals surface area (Å²) in [5.41, 5.74) is 1.22. The van der Waals surface area contributed by atoms with Crippen molar-refractivity contribution in [1.29, 1.82) is 0 Å². The summed E-state index contributed by atoms with van der Waals surface area (Å²) in [5.74, 6) is -1.04. The van der Waals surface area contributed by atoms with Crippen LogP contribution in [0.5, 0.6) is 5.75 Å². The first-order chi connectivity index (χ1) is 20.0. The van der Waals surface area contributed by atoms with Gasteiger partial charge in [0.05, 0.1) is 12.2 Å². The molecular formula is C31H41N5O5. The number of para-hydroxylation sites is 1. The standard InChI is InChI=1S/C31H41N5O5/c37-28-15-14-25(30(39)33-17-20-36-18-7-2-8-19-36)35-29(38)24-12-5-6-13-27(24)41-21-9-16-32-31(40)26(34-28)22-23-10-3-1-4-11-23/h1,3-6,10-13,25-26H,2,7-9,14-22H2,(H,32,40)(H,33,39)(H,34,37)(H,35,38)/t25-,26-/m0/s1. The molecule has 4 N–H and O–H groups in total. The number of carbonyl (C=O) groups excluding carboxylic acids is 4. The van der Waals surface area contributed by atoms with Crippen LogP contribution in [0.1, 0.15) is 54.4 Å². The average molecular weight is 564 g/mol. The lowest BCUT2D eigenvalue weighted by atomic mass is 10.0. The second-order valence-corrected chi connectivity index (χ2v) is 10.6. The van der Waals surface area contributed by atoms with Crippen molar-refractivity contribution in [3.8, 4) is 5.75 Å². The van der Waals surface area contributed by atoms with E-state index in [1.54, 1.807) is 24.3 Å². The molecule has 2 aromatic carbocycles. The van der Waals surface area contributed by atoms with Gasteiger partial charge in [-0.1, -0.05) is 48.9 Å².